The van der Waals surface area contributed by atoms with Crippen molar-refractivity contribution in [1.82, 2.24) is 4.98 Å². The van der Waals surface area contributed by atoms with Crippen molar-refractivity contribution >= 4 is 22.4 Å². The van der Waals surface area contributed by atoms with Crippen molar-refractivity contribution in [2.45, 2.75) is 25.3 Å². The van der Waals surface area contributed by atoms with E-state index in [1.807, 2.05) is 0 Å². The lowest BCUT2D eigenvalue weighted by atomic mass is 9.99. The van der Waals surface area contributed by atoms with E-state index in [0.717, 1.165) is 25.0 Å². The molecule has 1 unspecified atom stereocenters. The minimum Gasteiger partial charge on any atom is -0.370 e. The summed E-state index contributed by atoms with van der Waals surface area (Å²) in [5.74, 6) is 0.0559. The first kappa shape index (κ1) is 9.42. The second-order valence-electron chi connectivity index (χ2n) is 3.41. The van der Waals surface area contributed by atoms with E-state index in [-0.39, 0.29) is 12.0 Å². The van der Waals surface area contributed by atoms with E-state index in [0.29, 0.717) is 5.13 Å². The number of thiazole rings is 1. The molecule has 1 aromatic rings. The van der Waals surface area contributed by atoms with Crippen LogP contribution in [0.15, 0.2) is 4.99 Å². The van der Waals surface area contributed by atoms with Crippen molar-refractivity contribution in [2.24, 2.45) is 22.2 Å². The lowest BCUT2D eigenvalue weighted by Gasteiger charge is -2.15. The number of fused-ring (bicyclic) bond motifs is 1. The predicted molar refractivity (Wildman–Crippen MR) is 57.6 cm³/mol. The maximum Gasteiger partial charge on any atom is 0.212 e. The molecular formula is C8H13N5S. The second-order valence-corrected chi connectivity index (χ2v) is 4.47. The van der Waals surface area contributed by atoms with Gasteiger partial charge in [0.05, 0.1) is 5.69 Å². The van der Waals surface area contributed by atoms with Gasteiger partial charge >= 0.3 is 0 Å². The van der Waals surface area contributed by atoms with Gasteiger partial charge in [-0.25, -0.2) is 4.98 Å². The van der Waals surface area contributed by atoms with Crippen LogP contribution in [0.3, 0.4) is 0 Å². The van der Waals surface area contributed by atoms with E-state index < -0.39 is 0 Å². The van der Waals surface area contributed by atoms with Gasteiger partial charge in [-0.15, -0.1) is 0 Å². The summed E-state index contributed by atoms with van der Waals surface area (Å²) >= 11 is 1.53. The normalized spacial score (nSPS) is 20.2. The average Bonchev–Trinajstić information content (AvgIpc) is 2.44. The van der Waals surface area contributed by atoms with Gasteiger partial charge in [0.15, 0.2) is 5.96 Å². The molecule has 1 heterocycles. The molecule has 6 N–H and O–H groups in total. The van der Waals surface area contributed by atoms with Gasteiger partial charge in [0.1, 0.15) is 0 Å². The first-order chi connectivity index (χ1) is 6.65. The lowest BCUT2D eigenvalue weighted by molar-refractivity contribution is 0.576. The van der Waals surface area contributed by atoms with Crippen molar-refractivity contribution in [3.63, 3.8) is 0 Å². The second kappa shape index (κ2) is 3.55. The van der Waals surface area contributed by atoms with Crippen molar-refractivity contribution in [1.29, 1.82) is 0 Å². The molecule has 14 heavy (non-hydrogen) atoms. The van der Waals surface area contributed by atoms with Crippen LogP contribution < -0.4 is 17.2 Å². The summed E-state index contributed by atoms with van der Waals surface area (Å²) in [7, 11) is 0. The highest BCUT2D eigenvalue weighted by Crippen LogP contribution is 2.30. The van der Waals surface area contributed by atoms with Crippen LogP contribution in [-0.4, -0.2) is 17.0 Å². The molecule has 76 valence electrons. The van der Waals surface area contributed by atoms with Crippen LogP contribution in [0, 0.1) is 0 Å². The Morgan fingerprint density at radius 2 is 2.29 bits per heavy atom. The van der Waals surface area contributed by atoms with Crippen molar-refractivity contribution in [3.05, 3.63) is 10.6 Å². The minimum atomic E-state index is 0.0559. The lowest BCUT2D eigenvalue weighted by Crippen LogP contribution is -2.26. The van der Waals surface area contributed by atoms with E-state index >= 15 is 0 Å². The van der Waals surface area contributed by atoms with Crippen molar-refractivity contribution in [2.75, 3.05) is 0 Å². The molecule has 1 aliphatic rings. The van der Waals surface area contributed by atoms with Gasteiger partial charge in [-0.05, 0) is 19.3 Å². The molecule has 0 amide bonds. The molecule has 6 heteroatoms. The molecule has 0 aromatic carbocycles. The van der Waals surface area contributed by atoms with E-state index in [2.05, 4.69) is 9.98 Å². The van der Waals surface area contributed by atoms with Crippen molar-refractivity contribution < 1.29 is 0 Å². The zero-order chi connectivity index (χ0) is 10.1. The Kier molecular flexibility index (Phi) is 2.39. The van der Waals surface area contributed by atoms with Gasteiger partial charge in [-0.3, -0.25) is 0 Å². The topological polar surface area (TPSA) is 103 Å². The van der Waals surface area contributed by atoms with Gasteiger partial charge in [-0.1, -0.05) is 11.3 Å². The van der Waals surface area contributed by atoms with Gasteiger partial charge in [0.2, 0.25) is 5.13 Å². The molecule has 1 aromatic heterocycles. The quantitative estimate of drug-likeness (QED) is 0.444. The summed E-state index contributed by atoms with van der Waals surface area (Å²) in [5, 5.41) is 0.643. The number of nitrogens with two attached hydrogens (primary N) is 3. The predicted octanol–water partition coefficient (Wildman–Crippen LogP) is -0.136. The number of hydrogen-bond acceptors (Lipinski definition) is 4. The van der Waals surface area contributed by atoms with E-state index in [9.17, 15) is 0 Å². The van der Waals surface area contributed by atoms with Crippen LogP contribution in [-0.2, 0) is 12.8 Å². The third kappa shape index (κ3) is 1.85. The van der Waals surface area contributed by atoms with E-state index in [4.69, 9.17) is 17.2 Å². The highest BCUT2D eigenvalue weighted by Gasteiger charge is 2.19. The average molecular weight is 211 g/mol. The molecule has 0 radical (unpaired) electrons. The highest BCUT2D eigenvalue weighted by atomic mass is 32.1. The molecular weight excluding hydrogens is 198 g/mol. The molecule has 0 fully saturated rings. The fourth-order valence-electron chi connectivity index (χ4n) is 1.55. The monoisotopic (exact) mass is 211 g/mol. The number of hydrogen-bond donors (Lipinski definition) is 3. The Hall–Kier alpha value is -1.14. The summed E-state index contributed by atoms with van der Waals surface area (Å²) in [6.45, 7) is 0. The maximum absolute atomic E-state index is 5.85. The molecule has 0 bridgehead atoms. The summed E-state index contributed by atoms with van der Waals surface area (Å²) in [6.07, 6.45) is 2.83. The van der Waals surface area contributed by atoms with Crippen LogP contribution in [0.4, 0.5) is 5.13 Å². The molecule has 1 aliphatic carbocycles. The van der Waals surface area contributed by atoms with Gasteiger partial charge in [0.25, 0.3) is 0 Å². The SMILES string of the molecule is NC(N)=Nc1nc2c(s1)CC(N)CC2. The Bertz CT molecular complexity index is 366. The fourth-order valence-corrected chi connectivity index (χ4v) is 2.64. The van der Waals surface area contributed by atoms with Crippen LogP contribution in [0.2, 0.25) is 0 Å². The Morgan fingerprint density at radius 3 is 3.00 bits per heavy atom. The Balaban J connectivity index is 2.28. The summed E-state index contributed by atoms with van der Waals surface area (Å²) in [4.78, 5) is 9.49. The van der Waals surface area contributed by atoms with Crippen LogP contribution in [0.25, 0.3) is 0 Å². The molecule has 0 saturated heterocycles. The maximum atomic E-state index is 5.85. The standard InChI is InChI=1S/C8H13N5S/c9-4-1-2-5-6(3-4)14-8(12-5)13-7(10)11/h4H,1-3,9H2,(H4,10,11,12,13). The molecule has 1 atom stereocenters. The Morgan fingerprint density at radius 1 is 1.50 bits per heavy atom. The third-order valence-electron chi connectivity index (χ3n) is 2.19. The van der Waals surface area contributed by atoms with Crippen LogP contribution >= 0.6 is 11.3 Å². The highest BCUT2D eigenvalue weighted by molar-refractivity contribution is 7.15. The number of rotatable bonds is 1. The van der Waals surface area contributed by atoms with Gasteiger partial charge in [0, 0.05) is 10.9 Å². The summed E-state index contributed by atoms with van der Waals surface area (Å²) < 4.78 is 0. The Labute approximate surface area is 86.0 Å². The molecule has 5 nitrogen and oxygen atoms in total. The fraction of sp³-hybridized carbons (Fsp3) is 0.500. The number of aromatic nitrogens is 1. The number of guanidine groups is 1. The smallest absolute Gasteiger partial charge is 0.212 e. The van der Waals surface area contributed by atoms with E-state index in [1.54, 1.807) is 0 Å². The number of aliphatic imine (C=N–C) groups is 1. The van der Waals surface area contributed by atoms with Crippen LogP contribution in [0.1, 0.15) is 17.0 Å². The first-order valence-corrected chi connectivity index (χ1v) is 5.30. The van der Waals surface area contributed by atoms with Gasteiger partial charge in [-0.2, -0.15) is 4.99 Å². The summed E-state index contributed by atoms with van der Waals surface area (Å²) in [6, 6.07) is 0.259. The molecule has 0 aliphatic heterocycles. The minimum absolute atomic E-state index is 0.0559. The molecule has 0 spiro atoms. The number of nitrogens with zero attached hydrogens (tertiary/aromatic N) is 2. The van der Waals surface area contributed by atoms with E-state index in [1.165, 1.54) is 16.2 Å². The first-order valence-electron chi connectivity index (χ1n) is 4.49. The van der Waals surface area contributed by atoms with Crippen LogP contribution in [0.5, 0.6) is 0 Å². The third-order valence-corrected chi connectivity index (χ3v) is 3.21. The summed E-state index contributed by atoms with van der Waals surface area (Å²) in [5.41, 5.74) is 17.5. The van der Waals surface area contributed by atoms with Crippen molar-refractivity contribution in [3.8, 4) is 0 Å². The number of aryl methyl sites for hydroxylation is 1. The largest absolute Gasteiger partial charge is 0.370 e. The molecule has 2 rings (SSSR count). The zero-order valence-electron chi connectivity index (χ0n) is 7.73. The van der Waals surface area contributed by atoms with Gasteiger partial charge < -0.3 is 17.2 Å². The molecule has 0 saturated carbocycles. The zero-order valence-corrected chi connectivity index (χ0v) is 8.55.